The van der Waals surface area contributed by atoms with Gasteiger partial charge in [-0.15, -0.1) is 11.6 Å². The second-order valence-corrected chi connectivity index (χ2v) is 4.09. The van der Waals surface area contributed by atoms with Crippen molar-refractivity contribution in [3.05, 3.63) is 23.9 Å². The highest BCUT2D eigenvalue weighted by Gasteiger charge is 2.05. The molecule has 0 fully saturated rings. The van der Waals surface area contributed by atoms with E-state index in [1.165, 1.54) is 0 Å². The van der Waals surface area contributed by atoms with E-state index in [9.17, 15) is 0 Å². The highest BCUT2D eigenvalue weighted by molar-refractivity contribution is 6.20. The Morgan fingerprint density at radius 2 is 2.29 bits per heavy atom. The highest BCUT2D eigenvalue weighted by atomic mass is 35.5. The Labute approximate surface area is 90.5 Å². The fourth-order valence-corrected chi connectivity index (χ4v) is 1.76. The van der Waals surface area contributed by atoms with Gasteiger partial charge >= 0.3 is 0 Å². The third-order valence-electron chi connectivity index (χ3n) is 2.25. The molecule has 1 unspecified atom stereocenters. The Balaban J connectivity index is 2.41. The molecule has 2 N–H and O–H groups in total. The summed E-state index contributed by atoms with van der Waals surface area (Å²) in [6, 6.07) is 3.92. The first-order valence-corrected chi connectivity index (χ1v) is 5.51. The summed E-state index contributed by atoms with van der Waals surface area (Å²) in [6.07, 6.45) is 5.82. The number of rotatable bonds is 5. The molecule has 78 valence electrons. The minimum atomic E-state index is 0.264. The lowest BCUT2D eigenvalue weighted by Gasteiger charge is -2.08. The van der Waals surface area contributed by atoms with Gasteiger partial charge in [0.2, 0.25) is 0 Å². The Bertz CT molecular complexity index is 276. The van der Waals surface area contributed by atoms with Crippen LogP contribution in [0.2, 0.25) is 0 Å². The molecule has 1 aromatic rings. The van der Waals surface area contributed by atoms with Gasteiger partial charge in [-0.25, -0.2) is 4.98 Å². The number of nitrogen functional groups attached to an aromatic ring is 1. The largest absolute Gasteiger partial charge is 0.383 e. The van der Waals surface area contributed by atoms with Crippen molar-refractivity contribution in [2.75, 3.05) is 5.73 Å². The third-order valence-corrected chi connectivity index (χ3v) is 2.69. The molecule has 0 aliphatic heterocycles. The van der Waals surface area contributed by atoms with Crippen LogP contribution in [0.5, 0.6) is 0 Å². The van der Waals surface area contributed by atoms with Crippen molar-refractivity contribution in [3.63, 3.8) is 0 Å². The molecule has 0 bridgehead atoms. The molecule has 0 aliphatic carbocycles. The van der Waals surface area contributed by atoms with Crippen LogP contribution < -0.4 is 5.73 Å². The van der Waals surface area contributed by atoms with E-state index in [1.807, 2.05) is 12.1 Å². The van der Waals surface area contributed by atoms with Crippen LogP contribution in [0.3, 0.4) is 0 Å². The van der Waals surface area contributed by atoms with Crippen LogP contribution in [0, 0.1) is 0 Å². The first kappa shape index (κ1) is 11.3. The van der Waals surface area contributed by atoms with Crippen molar-refractivity contribution in [1.29, 1.82) is 0 Å². The number of aryl methyl sites for hydroxylation is 1. The number of aromatic nitrogens is 1. The number of anilines is 1. The fraction of sp³-hybridized carbons (Fsp3) is 0.545. The van der Waals surface area contributed by atoms with Crippen LogP contribution in [-0.2, 0) is 6.42 Å². The molecule has 14 heavy (non-hydrogen) atoms. The van der Waals surface area contributed by atoms with Crippen molar-refractivity contribution in [1.82, 2.24) is 4.98 Å². The Hall–Kier alpha value is -0.760. The standard InChI is InChI=1S/C11H17ClN2/c1-2-4-10(12)7-6-9-5-3-8-14-11(9)13/h3,5,8,10H,2,4,6-7H2,1H3,(H2,13,14). The SMILES string of the molecule is CCCC(Cl)CCc1cccnc1N. The van der Waals surface area contributed by atoms with E-state index < -0.39 is 0 Å². The number of nitrogens with zero attached hydrogens (tertiary/aromatic N) is 1. The van der Waals surface area contributed by atoms with Crippen LogP contribution >= 0.6 is 11.6 Å². The zero-order valence-corrected chi connectivity index (χ0v) is 9.30. The quantitative estimate of drug-likeness (QED) is 0.763. The molecule has 1 aromatic heterocycles. The van der Waals surface area contributed by atoms with Crippen LogP contribution in [0.4, 0.5) is 5.82 Å². The number of hydrogen-bond acceptors (Lipinski definition) is 2. The van der Waals surface area contributed by atoms with E-state index in [1.54, 1.807) is 6.20 Å². The molecule has 0 aromatic carbocycles. The summed E-state index contributed by atoms with van der Waals surface area (Å²) in [6.45, 7) is 2.15. The smallest absolute Gasteiger partial charge is 0.126 e. The average molecular weight is 213 g/mol. The lowest BCUT2D eigenvalue weighted by Crippen LogP contribution is -2.03. The number of pyridine rings is 1. The molecule has 2 nitrogen and oxygen atoms in total. The van der Waals surface area contributed by atoms with Crippen molar-refractivity contribution in [2.24, 2.45) is 0 Å². The van der Waals surface area contributed by atoms with E-state index in [2.05, 4.69) is 11.9 Å². The number of halogens is 1. The monoisotopic (exact) mass is 212 g/mol. The molecule has 0 amide bonds. The summed E-state index contributed by atoms with van der Waals surface area (Å²) >= 11 is 6.12. The Morgan fingerprint density at radius 3 is 2.93 bits per heavy atom. The zero-order valence-electron chi connectivity index (χ0n) is 8.54. The molecule has 1 rings (SSSR count). The van der Waals surface area contributed by atoms with Gasteiger partial charge in [-0.3, -0.25) is 0 Å². The van der Waals surface area contributed by atoms with Crippen molar-refractivity contribution in [3.8, 4) is 0 Å². The third kappa shape index (κ3) is 3.54. The second-order valence-electron chi connectivity index (χ2n) is 3.47. The van der Waals surface area contributed by atoms with E-state index in [-0.39, 0.29) is 5.38 Å². The van der Waals surface area contributed by atoms with Gasteiger partial charge in [0.05, 0.1) is 0 Å². The van der Waals surface area contributed by atoms with Crippen LogP contribution in [0.15, 0.2) is 18.3 Å². The first-order chi connectivity index (χ1) is 6.74. The van der Waals surface area contributed by atoms with Gasteiger partial charge in [0, 0.05) is 11.6 Å². The molecule has 0 aliphatic rings. The van der Waals surface area contributed by atoms with Gasteiger partial charge in [-0.05, 0) is 30.9 Å². The zero-order chi connectivity index (χ0) is 10.4. The molecule has 0 saturated heterocycles. The Kier molecular flexibility index (Phi) is 4.74. The van der Waals surface area contributed by atoms with E-state index in [4.69, 9.17) is 17.3 Å². The lowest BCUT2D eigenvalue weighted by atomic mass is 10.1. The van der Waals surface area contributed by atoms with Crippen LogP contribution in [-0.4, -0.2) is 10.4 Å². The Morgan fingerprint density at radius 1 is 1.50 bits per heavy atom. The van der Waals surface area contributed by atoms with Crippen LogP contribution in [0.1, 0.15) is 31.7 Å². The molecule has 0 saturated carbocycles. The summed E-state index contributed by atoms with van der Waals surface area (Å²) in [4.78, 5) is 4.04. The van der Waals surface area contributed by atoms with E-state index >= 15 is 0 Å². The predicted molar refractivity (Wildman–Crippen MR) is 61.5 cm³/mol. The van der Waals surface area contributed by atoms with Crippen LogP contribution in [0.25, 0.3) is 0 Å². The maximum Gasteiger partial charge on any atom is 0.126 e. The number of alkyl halides is 1. The topological polar surface area (TPSA) is 38.9 Å². The summed E-state index contributed by atoms with van der Waals surface area (Å²) < 4.78 is 0. The van der Waals surface area contributed by atoms with Gasteiger partial charge in [-0.1, -0.05) is 19.4 Å². The van der Waals surface area contributed by atoms with Gasteiger partial charge in [0.1, 0.15) is 5.82 Å². The van der Waals surface area contributed by atoms with E-state index in [0.29, 0.717) is 5.82 Å². The normalized spacial score (nSPS) is 12.7. The summed E-state index contributed by atoms with van der Waals surface area (Å²) in [5.41, 5.74) is 6.83. The molecular weight excluding hydrogens is 196 g/mol. The van der Waals surface area contributed by atoms with Crippen molar-refractivity contribution < 1.29 is 0 Å². The predicted octanol–water partition coefficient (Wildman–Crippen LogP) is 3.00. The highest BCUT2D eigenvalue weighted by Crippen LogP contribution is 2.16. The number of nitrogens with two attached hydrogens (primary N) is 1. The lowest BCUT2D eigenvalue weighted by molar-refractivity contribution is 0.675. The molecule has 0 radical (unpaired) electrons. The van der Waals surface area contributed by atoms with Crippen molar-refractivity contribution in [2.45, 2.75) is 38.0 Å². The van der Waals surface area contributed by atoms with Gasteiger partial charge < -0.3 is 5.73 Å². The summed E-state index contributed by atoms with van der Waals surface area (Å²) in [5, 5.41) is 0.264. The van der Waals surface area contributed by atoms with Crippen molar-refractivity contribution >= 4 is 17.4 Å². The molecular formula is C11H17ClN2. The first-order valence-electron chi connectivity index (χ1n) is 5.07. The van der Waals surface area contributed by atoms with Gasteiger partial charge in [0.25, 0.3) is 0 Å². The molecule has 1 atom stereocenters. The minimum absolute atomic E-state index is 0.264. The van der Waals surface area contributed by atoms with Gasteiger partial charge in [-0.2, -0.15) is 0 Å². The summed E-state index contributed by atoms with van der Waals surface area (Å²) in [7, 11) is 0. The molecule has 1 heterocycles. The summed E-state index contributed by atoms with van der Waals surface area (Å²) in [5.74, 6) is 0.632. The van der Waals surface area contributed by atoms with Gasteiger partial charge in [0.15, 0.2) is 0 Å². The number of hydrogen-bond donors (Lipinski definition) is 1. The second kappa shape index (κ2) is 5.86. The maximum absolute atomic E-state index is 6.12. The van der Waals surface area contributed by atoms with E-state index in [0.717, 1.165) is 31.2 Å². The minimum Gasteiger partial charge on any atom is -0.383 e. The maximum atomic E-state index is 6.12. The average Bonchev–Trinajstić information content (AvgIpc) is 2.17. The molecule has 0 spiro atoms. The fourth-order valence-electron chi connectivity index (χ4n) is 1.43. The molecule has 3 heteroatoms.